The second-order valence-electron chi connectivity index (χ2n) is 5.19. The van der Waals surface area contributed by atoms with Crippen LogP contribution in [0.1, 0.15) is 39.2 Å². The van der Waals surface area contributed by atoms with Crippen LogP contribution in [0.4, 0.5) is 0 Å². The molecule has 0 saturated carbocycles. The highest BCUT2D eigenvalue weighted by Crippen LogP contribution is 2.11. The fourth-order valence-corrected chi connectivity index (χ4v) is 1.75. The highest BCUT2D eigenvalue weighted by molar-refractivity contribution is 6.34. The molecule has 0 N–H and O–H groups in total. The highest BCUT2D eigenvalue weighted by Gasteiger charge is 2.22. The summed E-state index contributed by atoms with van der Waals surface area (Å²) in [7, 11) is 0. The zero-order valence-corrected chi connectivity index (χ0v) is 12.4. The molecule has 108 valence electrons. The van der Waals surface area contributed by atoms with E-state index in [1.165, 1.54) is 5.57 Å². The van der Waals surface area contributed by atoms with Crippen molar-refractivity contribution in [2.24, 2.45) is 5.92 Å². The lowest BCUT2D eigenvalue weighted by Gasteiger charge is -2.09. The summed E-state index contributed by atoms with van der Waals surface area (Å²) >= 11 is 0. The van der Waals surface area contributed by atoms with Crippen LogP contribution in [0, 0.1) is 5.92 Å². The Labute approximate surface area is 120 Å². The standard InChI is InChI=1S/C17H22O3/c1-13(2)8-7-9-14(3)16(18)17(19)20-12-15-10-5-4-6-11-15/h4-6,8,10-11,14H,7,9,12H2,1-3H3/t14-/m1/s1. The first-order valence-corrected chi connectivity index (χ1v) is 6.89. The van der Waals surface area contributed by atoms with Crippen molar-refractivity contribution in [3.63, 3.8) is 0 Å². The van der Waals surface area contributed by atoms with Crippen molar-refractivity contribution in [3.05, 3.63) is 47.5 Å². The Bertz CT molecular complexity index is 470. The van der Waals surface area contributed by atoms with Crippen LogP contribution in [0.15, 0.2) is 42.0 Å². The van der Waals surface area contributed by atoms with Gasteiger partial charge in [0.05, 0.1) is 0 Å². The van der Waals surface area contributed by atoms with Crippen LogP contribution in [0.25, 0.3) is 0 Å². The first kappa shape index (κ1) is 16.2. The minimum atomic E-state index is -0.737. The Morgan fingerprint density at radius 2 is 1.85 bits per heavy atom. The van der Waals surface area contributed by atoms with Gasteiger partial charge >= 0.3 is 5.97 Å². The second kappa shape index (κ2) is 8.31. The third-order valence-electron chi connectivity index (χ3n) is 3.01. The van der Waals surface area contributed by atoms with Crippen LogP contribution in [0.2, 0.25) is 0 Å². The van der Waals surface area contributed by atoms with Crippen LogP contribution < -0.4 is 0 Å². The van der Waals surface area contributed by atoms with E-state index in [4.69, 9.17) is 4.74 Å². The van der Waals surface area contributed by atoms with E-state index in [1.54, 1.807) is 6.92 Å². The zero-order valence-electron chi connectivity index (χ0n) is 12.4. The van der Waals surface area contributed by atoms with E-state index in [9.17, 15) is 9.59 Å². The van der Waals surface area contributed by atoms with Crippen molar-refractivity contribution >= 4 is 11.8 Å². The van der Waals surface area contributed by atoms with Crippen LogP contribution in [0.5, 0.6) is 0 Å². The summed E-state index contributed by atoms with van der Waals surface area (Å²) in [6.45, 7) is 5.94. The molecular weight excluding hydrogens is 252 g/mol. The summed E-state index contributed by atoms with van der Waals surface area (Å²) in [6.07, 6.45) is 3.55. The van der Waals surface area contributed by atoms with E-state index in [2.05, 4.69) is 6.08 Å². The Morgan fingerprint density at radius 3 is 2.45 bits per heavy atom. The number of rotatable bonds is 7. The van der Waals surface area contributed by atoms with Crippen LogP contribution in [-0.4, -0.2) is 11.8 Å². The van der Waals surface area contributed by atoms with E-state index >= 15 is 0 Å². The Balaban J connectivity index is 2.38. The van der Waals surface area contributed by atoms with Crippen molar-refractivity contribution in [1.29, 1.82) is 0 Å². The van der Waals surface area contributed by atoms with Gasteiger partial charge in [-0.2, -0.15) is 0 Å². The lowest BCUT2D eigenvalue weighted by Crippen LogP contribution is -2.23. The minimum Gasteiger partial charge on any atom is -0.455 e. The molecule has 0 fully saturated rings. The summed E-state index contributed by atoms with van der Waals surface area (Å²) in [5.41, 5.74) is 2.10. The number of esters is 1. The molecule has 0 heterocycles. The summed E-state index contributed by atoms with van der Waals surface area (Å²) in [4.78, 5) is 23.5. The van der Waals surface area contributed by atoms with Gasteiger partial charge in [-0.05, 0) is 32.3 Å². The number of ketones is 1. The molecule has 0 spiro atoms. The molecular formula is C17H22O3. The molecule has 3 nitrogen and oxygen atoms in total. The van der Waals surface area contributed by atoms with Crippen molar-refractivity contribution in [2.45, 2.75) is 40.2 Å². The molecule has 0 aliphatic rings. The largest absolute Gasteiger partial charge is 0.455 e. The van der Waals surface area contributed by atoms with Crippen molar-refractivity contribution < 1.29 is 14.3 Å². The quantitative estimate of drug-likeness (QED) is 0.433. The number of ether oxygens (including phenoxy) is 1. The smallest absolute Gasteiger partial charge is 0.375 e. The maximum atomic E-state index is 11.8. The lowest BCUT2D eigenvalue weighted by molar-refractivity contribution is -0.156. The van der Waals surface area contributed by atoms with Crippen molar-refractivity contribution in [3.8, 4) is 0 Å². The molecule has 1 aromatic rings. The maximum absolute atomic E-state index is 11.8. The number of carbonyl (C=O) groups is 2. The Kier molecular flexibility index (Phi) is 6.71. The van der Waals surface area contributed by atoms with E-state index in [-0.39, 0.29) is 12.5 Å². The average Bonchev–Trinajstić information content (AvgIpc) is 2.44. The van der Waals surface area contributed by atoms with Gasteiger partial charge in [0.2, 0.25) is 5.78 Å². The van der Waals surface area contributed by atoms with Crippen LogP contribution >= 0.6 is 0 Å². The highest BCUT2D eigenvalue weighted by atomic mass is 16.5. The topological polar surface area (TPSA) is 43.4 Å². The zero-order chi connectivity index (χ0) is 15.0. The maximum Gasteiger partial charge on any atom is 0.375 e. The van der Waals surface area contributed by atoms with Gasteiger partial charge in [-0.1, -0.05) is 48.9 Å². The monoisotopic (exact) mass is 274 g/mol. The van der Waals surface area contributed by atoms with E-state index < -0.39 is 11.8 Å². The Morgan fingerprint density at radius 1 is 1.20 bits per heavy atom. The summed E-state index contributed by atoms with van der Waals surface area (Å²) in [6, 6.07) is 9.34. The fourth-order valence-electron chi connectivity index (χ4n) is 1.75. The number of Topliss-reactive ketones (excluding diaryl/α,β-unsaturated/α-hetero) is 1. The molecule has 3 heteroatoms. The number of benzene rings is 1. The van der Waals surface area contributed by atoms with Gasteiger partial charge in [-0.15, -0.1) is 0 Å². The van der Waals surface area contributed by atoms with Gasteiger partial charge in [-0.3, -0.25) is 4.79 Å². The van der Waals surface area contributed by atoms with Gasteiger partial charge in [0.25, 0.3) is 0 Å². The Hall–Kier alpha value is -1.90. The number of allylic oxidation sites excluding steroid dienone is 2. The summed E-state index contributed by atoms with van der Waals surface area (Å²) < 4.78 is 5.03. The molecule has 0 aliphatic heterocycles. The van der Waals surface area contributed by atoms with Gasteiger partial charge < -0.3 is 4.74 Å². The van der Waals surface area contributed by atoms with E-state index in [1.807, 2.05) is 44.2 Å². The first-order valence-electron chi connectivity index (χ1n) is 6.89. The molecule has 0 bridgehead atoms. The predicted molar refractivity (Wildman–Crippen MR) is 79.1 cm³/mol. The van der Waals surface area contributed by atoms with Crippen molar-refractivity contribution in [1.82, 2.24) is 0 Å². The number of hydrogen-bond donors (Lipinski definition) is 0. The minimum absolute atomic E-state index is 0.145. The molecule has 1 rings (SSSR count). The van der Waals surface area contributed by atoms with Gasteiger partial charge in [0.15, 0.2) is 0 Å². The number of hydrogen-bond acceptors (Lipinski definition) is 3. The first-order chi connectivity index (χ1) is 9.50. The molecule has 1 aromatic carbocycles. The number of carbonyl (C=O) groups excluding carboxylic acids is 2. The molecule has 0 radical (unpaired) electrons. The van der Waals surface area contributed by atoms with Gasteiger partial charge in [0.1, 0.15) is 6.61 Å². The molecule has 0 aromatic heterocycles. The third kappa shape index (κ3) is 5.83. The molecule has 0 amide bonds. The third-order valence-corrected chi connectivity index (χ3v) is 3.01. The average molecular weight is 274 g/mol. The predicted octanol–water partition coefficient (Wildman–Crippen LogP) is 3.68. The lowest BCUT2D eigenvalue weighted by atomic mass is 10.00. The van der Waals surface area contributed by atoms with E-state index in [0.29, 0.717) is 6.42 Å². The SMILES string of the molecule is CC(C)=CCC[C@@H](C)C(=O)C(=O)OCc1ccccc1. The van der Waals surface area contributed by atoms with Gasteiger partial charge in [-0.25, -0.2) is 4.79 Å². The summed E-state index contributed by atoms with van der Waals surface area (Å²) in [5, 5.41) is 0. The van der Waals surface area contributed by atoms with Crippen LogP contribution in [-0.2, 0) is 20.9 Å². The normalized spacial score (nSPS) is 11.6. The van der Waals surface area contributed by atoms with Gasteiger partial charge in [0, 0.05) is 5.92 Å². The van der Waals surface area contributed by atoms with E-state index in [0.717, 1.165) is 12.0 Å². The molecule has 20 heavy (non-hydrogen) atoms. The molecule has 0 unspecified atom stereocenters. The molecule has 1 atom stereocenters. The summed E-state index contributed by atoms with van der Waals surface area (Å²) in [5.74, 6) is -1.48. The molecule has 0 aliphatic carbocycles. The van der Waals surface area contributed by atoms with Crippen LogP contribution in [0.3, 0.4) is 0 Å². The fraction of sp³-hybridized carbons (Fsp3) is 0.412. The molecule has 0 saturated heterocycles. The van der Waals surface area contributed by atoms with Crippen molar-refractivity contribution in [2.75, 3.05) is 0 Å². The second-order valence-corrected chi connectivity index (χ2v) is 5.19.